The van der Waals surface area contributed by atoms with Crippen molar-refractivity contribution in [2.45, 2.75) is 63.3 Å². The Hall–Kier alpha value is -3.15. The van der Waals surface area contributed by atoms with Crippen molar-refractivity contribution in [3.05, 3.63) is 48.0 Å². The maximum Gasteiger partial charge on any atom is 0.409 e. The van der Waals surface area contributed by atoms with Gasteiger partial charge in [0.2, 0.25) is 5.91 Å². The zero-order valence-electron chi connectivity index (χ0n) is 19.8. The first kappa shape index (κ1) is 26.5. The number of halogens is 3. The van der Waals surface area contributed by atoms with Crippen LogP contribution in [0.4, 0.5) is 18.0 Å². The Balaban J connectivity index is 1.69. The molecule has 1 aromatic heterocycles. The number of ether oxygens (including phenoxy) is 1. The third-order valence-electron chi connectivity index (χ3n) is 5.71. The molecule has 0 spiro atoms. The number of benzene rings is 1. The maximum absolute atomic E-state index is 14.8. The number of rotatable bonds is 10. The number of amides is 2. The van der Waals surface area contributed by atoms with Gasteiger partial charge in [0.1, 0.15) is 24.9 Å². The molecule has 2 amide bonds. The topological polar surface area (TPSA) is 115 Å². The van der Waals surface area contributed by atoms with Gasteiger partial charge in [0.15, 0.2) is 0 Å². The fourth-order valence-corrected chi connectivity index (χ4v) is 3.67. The quantitative estimate of drug-likeness (QED) is 0.523. The fraction of sp³-hybridized carbons (Fsp3) is 0.565. The molecule has 1 fully saturated rings. The zero-order chi connectivity index (χ0) is 25.6. The van der Waals surface area contributed by atoms with Crippen molar-refractivity contribution in [3.63, 3.8) is 0 Å². The second-order valence-electron chi connectivity index (χ2n) is 9.14. The van der Waals surface area contributed by atoms with Crippen LogP contribution in [-0.4, -0.2) is 63.1 Å². The van der Waals surface area contributed by atoms with Crippen molar-refractivity contribution < 1.29 is 27.5 Å². The first-order valence-electron chi connectivity index (χ1n) is 11.4. The van der Waals surface area contributed by atoms with Gasteiger partial charge in [0, 0.05) is 18.5 Å². The average Bonchev–Trinajstić information content (AvgIpc) is 3.45. The minimum absolute atomic E-state index is 0.00792. The fourth-order valence-electron chi connectivity index (χ4n) is 3.67. The minimum atomic E-state index is -3.13. The van der Waals surface area contributed by atoms with Crippen LogP contribution in [0, 0.1) is 0 Å². The normalized spacial score (nSPS) is 17.3. The molecule has 1 saturated heterocycles. The third kappa shape index (κ3) is 7.17. The molecular formula is C23H31F3N6O3. The van der Waals surface area contributed by atoms with Crippen LogP contribution in [-0.2, 0) is 22.0 Å². The van der Waals surface area contributed by atoms with Crippen LogP contribution in [0.25, 0.3) is 0 Å². The number of nitrogens with two attached hydrogens (primary N) is 1. The lowest BCUT2D eigenvalue weighted by Crippen LogP contribution is -2.50. The van der Waals surface area contributed by atoms with Gasteiger partial charge in [-0.25, -0.2) is 27.6 Å². The number of hydrogen-bond donors (Lipinski definition) is 2. The molecule has 2 heterocycles. The van der Waals surface area contributed by atoms with Crippen LogP contribution in [0.1, 0.15) is 50.5 Å². The van der Waals surface area contributed by atoms with E-state index in [9.17, 15) is 22.8 Å². The van der Waals surface area contributed by atoms with Crippen LogP contribution in [0.2, 0.25) is 0 Å². The number of aromatic nitrogens is 3. The SMILES string of the molecule is CC(C)(N)C(=O)N[C@H](CCC(F)(F)c1ccccc1)c1ncnn1CCOC(=O)N1CC[C@@H](F)C1. The summed E-state index contributed by atoms with van der Waals surface area (Å²) in [7, 11) is 0. The highest BCUT2D eigenvalue weighted by atomic mass is 19.3. The first-order valence-corrected chi connectivity index (χ1v) is 11.4. The van der Waals surface area contributed by atoms with Gasteiger partial charge in [-0.3, -0.25) is 4.79 Å². The number of likely N-dealkylation sites (tertiary alicyclic amines) is 1. The van der Waals surface area contributed by atoms with E-state index in [1.165, 1.54) is 54.0 Å². The molecule has 9 nitrogen and oxygen atoms in total. The van der Waals surface area contributed by atoms with Crippen molar-refractivity contribution in [3.8, 4) is 0 Å². The molecule has 0 aliphatic carbocycles. The number of carbonyl (C=O) groups is 2. The van der Waals surface area contributed by atoms with E-state index in [-0.39, 0.29) is 50.5 Å². The Morgan fingerprint density at radius 2 is 2.00 bits per heavy atom. The largest absolute Gasteiger partial charge is 0.447 e. The van der Waals surface area contributed by atoms with Crippen molar-refractivity contribution in [2.24, 2.45) is 5.73 Å². The minimum Gasteiger partial charge on any atom is -0.447 e. The van der Waals surface area contributed by atoms with E-state index in [2.05, 4.69) is 15.4 Å². The zero-order valence-corrected chi connectivity index (χ0v) is 19.8. The van der Waals surface area contributed by atoms with E-state index in [4.69, 9.17) is 10.5 Å². The van der Waals surface area contributed by atoms with Gasteiger partial charge < -0.3 is 20.7 Å². The maximum atomic E-state index is 14.8. The molecule has 12 heteroatoms. The summed E-state index contributed by atoms with van der Waals surface area (Å²) in [5.41, 5.74) is 4.51. The van der Waals surface area contributed by atoms with E-state index >= 15 is 0 Å². The van der Waals surface area contributed by atoms with E-state index < -0.39 is 42.1 Å². The van der Waals surface area contributed by atoms with Crippen molar-refractivity contribution in [2.75, 3.05) is 19.7 Å². The standard InChI is InChI=1S/C23H31F3N6O3/c1-22(2,27)20(33)30-18(8-10-23(25,26)16-6-4-3-5-7-16)19-28-15-29-32(19)12-13-35-21(34)31-11-9-17(24)14-31/h3-7,15,17-18H,8-14,27H2,1-2H3,(H,30,33)/t17-,18-/m1/s1. The Morgan fingerprint density at radius 1 is 1.29 bits per heavy atom. The van der Waals surface area contributed by atoms with Crippen LogP contribution in [0.5, 0.6) is 0 Å². The Bertz CT molecular complexity index is 996. The molecule has 2 atom stereocenters. The van der Waals surface area contributed by atoms with E-state index in [1.54, 1.807) is 6.07 Å². The first-order chi connectivity index (χ1) is 16.5. The lowest BCUT2D eigenvalue weighted by atomic mass is 9.99. The smallest absolute Gasteiger partial charge is 0.409 e. The summed E-state index contributed by atoms with van der Waals surface area (Å²) in [6.45, 7) is 3.26. The van der Waals surface area contributed by atoms with Crippen LogP contribution >= 0.6 is 0 Å². The van der Waals surface area contributed by atoms with E-state index in [0.717, 1.165) is 0 Å². The number of nitrogens with zero attached hydrogens (tertiary/aromatic N) is 4. The van der Waals surface area contributed by atoms with Crippen LogP contribution in [0.15, 0.2) is 36.7 Å². The molecule has 3 rings (SSSR count). The predicted molar refractivity (Wildman–Crippen MR) is 121 cm³/mol. The molecule has 1 aliphatic heterocycles. The second-order valence-corrected chi connectivity index (χ2v) is 9.14. The average molecular weight is 497 g/mol. The number of carbonyl (C=O) groups excluding carboxylic acids is 2. The second kappa shape index (κ2) is 11.1. The predicted octanol–water partition coefficient (Wildman–Crippen LogP) is 2.93. The van der Waals surface area contributed by atoms with Gasteiger partial charge >= 0.3 is 6.09 Å². The molecule has 0 saturated carbocycles. The van der Waals surface area contributed by atoms with Crippen molar-refractivity contribution >= 4 is 12.0 Å². The van der Waals surface area contributed by atoms with Gasteiger partial charge in [0.05, 0.1) is 24.7 Å². The summed E-state index contributed by atoms with van der Waals surface area (Å²) in [4.78, 5) is 30.1. The summed E-state index contributed by atoms with van der Waals surface area (Å²) >= 11 is 0. The van der Waals surface area contributed by atoms with Gasteiger partial charge in [-0.1, -0.05) is 30.3 Å². The summed E-state index contributed by atoms with van der Waals surface area (Å²) in [5, 5.41) is 6.78. The summed E-state index contributed by atoms with van der Waals surface area (Å²) in [6.07, 6.45) is -0.900. The molecule has 0 bridgehead atoms. The number of nitrogens with one attached hydrogen (secondary N) is 1. The van der Waals surface area contributed by atoms with Crippen LogP contribution in [0.3, 0.4) is 0 Å². The monoisotopic (exact) mass is 496 g/mol. The van der Waals surface area contributed by atoms with Crippen LogP contribution < -0.4 is 11.1 Å². The van der Waals surface area contributed by atoms with Gasteiger partial charge in [-0.05, 0) is 26.7 Å². The molecule has 1 aliphatic rings. The van der Waals surface area contributed by atoms with Gasteiger partial charge in [-0.15, -0.1) is 0 Å². The number of hydrogen-bond acceptors (Lipinski definition) is 6. The van der Waals surface area contributed by atoms with E-state index in [1.807, 2.05) is 0 Å². The summed E-state index contributed by atoms with van der Waals surface area (Å²) < 4.78 is 49.5. The highest BCUT2D eigenvalue weighted by Crippen LogP contribution is 2.35. The van der Waals surface area contributed by atoms with Crippen molar-refractivity contribution in [1.29, 1.82) is 0 Å². The molecule has 2 aromatic rings. The molecule has 0 unspecified atom stereocenters. The third-order valence-corrected chi connectivity index (χ3v) is 5.71. The lowest BCUT2D eigenvalue weighted by Gasteiger charge is -2.26. The Morgan fingerprint density at radius 3 is 2.63 bits per heavy atom. The van der Waals surface area contributed by atoms with Gasteiger partial charge in [-0.2, -0.15) is 5.10 Å². The molecule has 0 radical (unpaired) electrons. The molecule has 1 aromatic carbocycles. The summed E-state index contributed by atoms with van der Waals surface area (Å²) in [5.74, 6) is -3.44. The molecule has 3 N–H and O–H groups in total. The number of alkyl halides is 3. The molecule has 35 heavy (non-hydrogen) atoms. The summed E-state index contributed by atoms with van der Waals surface area (Å²) in [6, 6.07) is 6.50. The van der Waals surface area contributed by atoms with Crippen molar-refractivity contribution in [1.82, 2.24) is 25.0 Å². The Labute approximate surface area is 201 Å². The highest BCUT2D eigenvalue weighted by Gasteiger charge is 2.35. The lowest BCUT2D eigenvalue weighted by molar-refractivity contribution is -0.126. The highest BCUT2D eigenvalue weighted by molar-refractivity contribution is 5.85. The van der Waals surface area contributed by atoms with E-state index in [0.29, 0.717) is 0 Å². The molecular weight excluding hydrogens is 465 g/mol. The Kier molecular flexibility index (Phi) is 8.36. The van der Waals surface area contributed by atoms with Gasteiger partial charge in [0.25, 0.3) is 5.92 Å². The molecule has 192 valence electrons.